The van der Waals surface area contributed by atoms with E-state index in [-0.39, 0.29) is 11.8 Å². The second-order valence-electron chi connectivity index (χ2n) is 5.52. The Morgan fingerprint density at radius 2 is 2.10 bits per heavy atom. The molecule has 0 aliphatic heterocycles. The zero-order valence-electron chi connectivity index (χ0n) is 12.5. The third kappa shape index (κ3) is 5.00. The smallest absolute Gasteiger partial charge is 0.326 e. The SMILES string of the molecule is CCOC(=O)C(C)(CCSc1ccc(F)cc1)NC1CC1. The second-order valence-corrected chi connectivity index (χ2v) is 6.69. The van der Waals surface area contributed by atoms with Crippen LogP contribution in [0.3, 0.4) is 0 Å². The quantitative estimate of drug-likeness (QED) is 0.590. The third-order valence-electron chi connectivity index (χ3n) is 3.51. The van der Waals surface area contributed by atoms with Gasteiger partial charge in [0.25, 0.3) is 0 Å². The monoisotopic (exact) mass is 311 g/mol. The molecule has 0 bridgehead atoms. The molecule has 1 aliphatic rings. The second kappa shape index (κ2) is 7.27. The number of hydrogen-bond acceptors (Lipinski definition) is 4. The van der Waals surface area contributed by atoms with Gasteiger partial charge in [-0.05, 0) is 57.4 Å². The van der Waals surface area contributed by atoms with Gasteiger partial charge in [-0.3, -0.25) is 10.1 Å². The molecule has 1 saturated carbocycles. The molecule has 1 atom stereocenters. The Hall–Kier alpha value is -1.07. The molecular formula is C16H22FNO2S. The molecule has 0 saturated heterocycles. The van der Waals surface area contributed by atoms with Crippen molar-refractivity contribution in [2.75, 3.05) is 12.4 Å². The average molecular weight is 311 g/mol. The first-order chi connectivity index (χ1) is 10.0. The van der Waals surface area contributed by atoms with Crippen molar-refractivity contribution in [2.45, 2.75) is 49.6 Å². The Morgan fingerprint density at radius 3 is 2.67 bits per heavy atom. The van der Waals surface area contributed by atoms with Gasteiger partial charge in [-0.2, -0.15) is 0 Å². The first-order valence-corrected chi connectivity index (χ1v) is 8.35. The molecule has 0 spiro atoms. The van der Waals surface area contributed by atoms with Crippen molar-refractivity contribution in [3.8, 4) is 0 Å². The van der Waals surface area contributed by atoms with E-state index in [1.165, 1.54) is 12.1 Å². The average Bonchev–Trinajstić information content (AvgIpc) is 3.25. The zero-order chi connectivity index (χ0) is 15.3. The van der Waals surface area contributed by atoms with Crippen LogP contribution in [0.25, 0.3) is 0 Å². The summed E-state index contributed by atoms with van der Waals surface area (Å²) in [5, 5.41) is 3.40. The highest BCUT2D eigenvalue weighted by Gasteiger charge is 2.39. The molecule has 5 heteroatoms. The fourth-order valence-electron chi connectivity index (χ4n) is 2.11. The lowest BCUT2D eigenvalue weighted by molar-refractivity contribution is -0.150. The number of esters is 1. The number of rotatable bonds is 8. The van der Waals surface area contributed by atoms with Crippen LogP contribution in [0.5, 0.6) is 0 Å². The lowest BCUT2D eigenvalue weighted by Crippen LogP contribution is -2.51. The third-order valence-corrected chi connectivity index (χ3v) is 4.52. The molecule has 2 rings (SSSR count). The van der Waals surface area contributed by atoms with Crippen LogP contribution >= 0.6 is 11.8 Å². The van der Waals surface area contributed by atoms with Crippen LogP contribution in [-0.2, 0) is 9.53 Å². The van der Waals surface area contributed by atoms with Crippen LogP contribution < -0.4 is 5.32 Å². The summed E-state index contributed by atoms with van der Waals surface area (Å²) < 4.78 is 18.1. The predicted octanol–water partition coefficient (Wildman–Crippen LogP) is 3.38. The summed E-state index contributed by atoms with van der Waals surface area (Å²) in [6.45, 7) is 4.13. The highest BCUT2D eigenvalue weighted by Crippen LogP contribution is 2.27. The lowest BCUT2D eigenvalue weighted by atomic mass is 9.99. The lowest BCUT2D eigenvalue weighted by Gasteiger charge is -2.28. The maximum Gasteiger partial charge on any atom is 0.326 e. The van der Waals surface area contributed by atoms with E-state index in [0.29, 0.717) is 19.1 Å². The van der Waals surface area contributed by atoms with Crippen molar-refractivity contribution < 1.29 is 13.9 Å². The van der Waals surface area contributed by atoms with E-state index in [1.807, 2.05) is 13.8 Å². The minimum atomic E-state index is -0.635. The van der Waals surface area contributed by atoms with Gasteiger partial charge in [0.1, 0.15) is 11.4 Å². The molecule has 21 heavy (non-hydrogen) atoms. The summed E-state index contributed by atoms with van der Waals surface area (Å²) in [7, 11) is 0. The first-order valence-electron chi connectivity index (χ1n) is 7.37. The van der Waals surface area contributed by atoms with E-state index >= 15 is 0 Å². The van der Waals surface area contributed by atoms with Gasteiger partial charge in [0.2, 0.25) is 0 Å². The zero-order valence-corrected chi connectivity index (χ0v) is 13.3. The van der Waals surface area contributed by atoms with E-state index in [4.69, 9.17) is 4.74 Å². The van der Waals surface area contributed by atoms with Gasteiger partial charge in [-0.15, -0.1) is 11.8 Å². The van der Waals surface area contributed by atoms with Crippen molar-refractivity contribution in [1.82, 2.24) is 5.32 Å². The number of benzene rings is 1. The molecule has 0 aromatic heterocycles. The number of carbonyl (C=O) groups excluding carboxylic acids is 1. The summed E-state index contributed by atoms with van der Waals surface area (Å²) >= 11 is 1.62. The summed E-state index contributed by atoms with van der Waals surface area (Å²) in [6, 6.07) is 6.87. The minimum Gasteiger partial charge on any atom is -0.465 e. The number of thioether (sulfide) groups is 1. The van der Waals surface area contributed by atoms with E-state index in [1.54, 1.807) is 23.9 Å². The number of nitrogens with one attached hydrogen (secondary N) is 1. The predicted molar refractivity (Wildman–Crippen MR) is 82.9 cm³/mol. The largest absolute Gasteiger partial charge is 0.465 e. The van der Waals surface area contributed by atoms with E-state index in [0.717, 1.165) is 23.5 Å². The van der Waals surface area contributed by atoms with Crippen LogP contribution in [-0.4, -0.2) is 29.9 Å². The summed E-state index contributed by atoms with van der Waals surface area (Å²) in [5.41, 5.74) is -0.635. The molecule has 0 radical (unpaired) electrons. The Morgan fingerprint density at radius 1 is 1.43 bits per heavy atom. The van der Waals surface area contributed by atoms with Crippen LogP contribution in [0.15, 0.2) is 29.2 Å². The van der Waals surface area contributed by atoms with Crippen molar-refractivity contribution in [1.29, 1.82) is 0 Å². The van der Waals surface area contributed by atoms with Gasteiger partial charge in [0.15, 0.2) is 0 Å². The molecule has 116 valence electrons. The van der Waals surface area contributed by atoms with Crippen molar-refractivity contribution in [3.05, 3.63) is 30.1 Å². The summed E-state index contributed by atoms with van der Waals surface area (Å²) in [5.74, 6) is 0.364. The Labute approximate surface area is 129 Å². The maximum atomic E-state index is 12.9. The molecule has 1 aromatic rings. The minimum absolute atomic E-state index is 0.184. The standard InChI is InChI=1S/C16H22FNO2S/c1-3-20-15(19)16(2,18-13-6-7-13)10-11-21-14-8-4-12(17)5-9-14/h4-5,8-9,13,18H,3,6-7,10-11H2,1-2H3. The Balaban J connectivity index is 1.88. The highest BCUT2D eigenvalue weighted by atomic mass is 32.2. The Kier molecular flexibility index (Phi) is 5.65. The van der Waals surface area contributed by atoms with Crippen LogP contribution in [0.4, 0.5) is 4.39 Å². The number of hydrogen-bond donors (Lipinski definition) is 1. The highest BCUT2D eigenvalue weighted by molar-refractivity contribution is 7.99. The van der Waals surface area contributed by atoms with Crippen LogP contribution in [0.2, 0.25) is 0 Å². The summed E-state index contributed by atoms with van der Waals surface area (Å²) in [4.78, 5) is 13.2. The normalized spacial score (nSPS) is 17.3. The summed E-state index contributed by atoms with van der Waals surface area (Å²) in [6.07, 6.45) is 2.94. The van der Waals surface area contributed by atoms with Crippen LogP contribution in [0, 0.1) is 5.82 Å². The van der Waals surface area contributed by atoms with Crippen molar-refractivity contribution in [2.24, 2.45) is 0 Å². The van der Waals surface area contributed by atoms with Crippen molar-refractivity contribution in [3.63, 3.8) is 0 Å². The molecule has 1 fully saturated rings. The van der Waals surface area contributed by atoms with Crippen molar-refractivity contribution >= 4 is 17.7 Å². The number of halogens is 1. The van der Waals surface area contributed by atoms with Gasteiger partial charge in [0, 0.05) is 16.7 Å². The number of carbonyl (C=O) groups is 1. The van der Waals surface area contributed by atoms with E-state index in [9.17, 15) is 9.18 Å². The first kappa shape index (κ1) is 16.3. The molecule has 0 amide bonds. The van der Waals surface area contributed by atoms with E-state index < -0.39 is 5.54 Å². The molecule has 0 heterocycles. The molecule has 3 nitrogen and oxygen atoms in total. The van der Waals surface area contributed by atoms with Crippen LogP contribution in [0.1, 0.15) is 33.1 Å². The van der Waals surface area contributed by atoms with Gasteiger partial charge in [-0.1, -0.05) is 0 Å². The van der Waals surface area contributed by atoms with Gasteiger partial charge in [-0.25, -0.2) is 4.39 Å². The topological polar surface area (TPSA) is 38.3 Å². The fourth-order valence-corrected chi connectivity index (χ4v) is 3.18. The molecule has 1 N–H and O–H groups in total. The van der Waals surface area contributed by atoms with Gasteiger partial charge < -0.3 is 4.74 Å². The molecule has 1 aliphatic carbocycles. The maximum absolute atomic E-state index is 12.9. The van der Waals surface area contributed by atoms with Gasteiger partial charge >= 0.3 is 5.97 Å². The van der Waals surface area contributed by atoms with Gasteiger partial charge in [0.05, 0.1) is 6.61 Å². The molecular weight excluding hydrogens is 289 g/mol. The van der Waals surface area contributed by atoms with E-state index in [2.05, 4.69) is 5.32 Å². The Bertz CT molecular complexity index is 476. The molecule has 1 unspecified atom stereocenters. The molecule has 1 aromatic carbocycles. The fraction of sp³-hybridized carbons (Fsp3) is 0.562. The number of ether oxygens (including phenoxy) is 1.